The lowest BCUT2D eigenvalue weighted by Crippen LogP contribution is -2.18. The number of hydrazone groups is 1. The van der Waals surface area contributed by atoms with Gasteiger partial charge in [0.1, 0.15) is 0 Å². The Morgan fingerprint density at radius 2 is 1.50 bits per heavy atom. The summed E-state index contributed by atoms with van der Waals surface area (Å²) in [6.07, 6.45) is 1.35. The number of halogens is 3. The van der Waals surface area contributed by atoms with Crippen molar-refractivity contribution in [3.05, 3.63) is 115 Å². The van der Waals surface area contributed by atoms with Gasteiger partial charge in [0, 0.05) is 31.9 Å². The van der Waals surface area contributed by atoms with Crippen LogP contribution in [-0.2, 0) is 0 Å². The summed E-state index contributed by atoms with van der Waals surface area (Å²) in [5, 5.41) is 7.34. The van der Waals surface area contributed by atoms with Crippen molar-refractivity contribution in [1.29, 1.82) is 0 Å². The average Bonchev–Trinajstić information content (AvgIpc) is 3.00. The van der Waals surface area contributed by atoms with Crippen molar-refractivity contribution in [2.45, 2.75) is 13.8 Å². The molecular weight excluding hydrogens is 718 g/mol. The van der Waals surface area contributed by atoms with Gasteiger partial charge in [0.05, 0.1) is 29.5 Å². The third kappa shape index (κ3) is 8.68. The van der Waals surface area contributed by atoms with E-state index in [2.05, 4.69) is 47.7 Å². The fraction of sp³-hybridized carbons (Fsp3) is 0.125. The van der Waals surface area contributed by atoms with E-state index in [1.807, 2.05) is 13.8 Å². The molecule has 12 heteroatoms. The predicted molar refractivity (Wildman–Crippen MR) is 176 cm³/mol. The van der Waals surface area contributed by atoms with Gasteiger partial charge in [-0.25, -0.2) is 10.2 Å². The molecule has 0 aliphatic rings. The van der Waals surface area contributed by atoms with E-state index in [9.17, 15) is 14.4 Å². The third-order valence-corrected chi connectivity index (χ3v) is 7.17. The van der Waals surface area contributed by atoms with Crippen LogP contribution in [0.1, 0.15) is 50.5 Å². The number of carbonyl (C=O) groups excluding carboxylic acids is 3. The Bertz CT molecular complexity index is 1710. The number of benzene rings is 4. The lowest BCUT2D eigenvalue weighted by molar-refractivity contribution is 0.0732. The third-order valence-electron chi connectivity index (χ3n) is 5.87. The molecule has 0 aliphatic carbocycles. The van der Waals surface area contributed by atoms with Crippen molar-refractivity contribution in [2.24, 2.45) is 5.10 Å². The number of carbonyl (C=O) groups is 3. The van der Waals surface area contributed by atoms with E-state index in [1.165, 1.54) is 12.3 Å². The zero-order valence-corrected chi connectivity index (χ0v) is 27.5. The minimum Gasteiger partial charge on any atom is -0.490 e. The lowest BCUT2D eigenvalue weighted by atomic mass is 10.1. The van der Waals surface area contributed by atoms with Gasteiger partial charge in [0.15, 0.2) is 17.2 Å². The standard InChI is InChI=1S/C32H26Br2ClN3O6/c1-3-42-27-13-10-21(16-28(27)43-4-2)30(39)37-25-7-5-6-20(15-25)31(40)38-36-18-22-14-23(33)17-26(34)29(22)44-32(41)19-8-11-24(35)12-9-19/h5-18H,3-4H2,1-2H3,(H,37,39)(H,38,40). The van der Waals surface area contributed by atoms with E-state index in [-0.39, 0.29) is 17.2 Å². The number of esters is 1. The summed E-state index contributed by atoms with van der Waals surface area (Å²) in [6, 6.07) is 21.0. The van der Waals surface area contributed by atoms with Crippen molar-refractivity contribution >= 4 is 73.1 Å². The molecule has 0 saturated carbocycles. The first kappa shape index (κ1) is 32.7. The van der Waals surface area contributed by atoms with Crippen molar-refractivity contribution in [3.8, 4) is 17.2 Å². The van der Waals surface area contributed by atoms with Gasteiger partial charge in [-0.15, -0.1) is 0 Å². The molecule has 4 rings (SSSR count). The largest absolute Gasteiger partial charge is 0.490 e. The van der Waals surface area contributed by atoms with Gasteiger partial charge in [0.2, 0.25) is 0 Å². The number of nitrogens with zero attached hydrogens (tertiary/aromatic N) is 1. The molecule has 0 aromatic heterocycles. The molecule has 44 heavy (non-hydrogen) atoms. The van der Waals surface area contributed by atoms with Crippen LogP contribution in [0, 0.1) is 0 Å². The van der Waals surface area contributed by atoms with Gasteiger partial charge in [-0.3, -0.25) is 9.59 Å². The van der Waals surface area contributed by atoms with E-state index in [4.69, 9.17) is 25.8 Å². The average molecular weight is 744 g/mol. The van der Waals surface area contributed by atoms with Crippen LogP contribution in [0.15, 0.2) is 92.9 Å². The second-order valence-corrected chi connectivity index (χ2v) is 11.2. The normalized spacial score (nSPS) is 10.8. The quantitative estimate of drug-likeness (QED) is 0.0699. The molecule has 2 N–H and O–H groups in total. The van der Waals surface area contributed by atoms with E-state index in [0.29, 0.717) is 61.1 Å². The molecule has 0 bridgehead atoms. The molecule has 0 spiro atoms. The van der Waals surface area contributed by atoms with Gasteiger partial charge >= 0.3 is 5.97 Å². The summed E-state index contributed by atoms with van der Waals surface area (Å²) < 4.78 is 18.0. The number of hydrogen-bond donors (Lipinski definition) is 2. The number of nitrogens with one attached hydrogen (secondary N) is 2. The monoisotopic (exact) mass is 741 g/mol. The first-order chi connectivity index (χ1) is 21.2. The van der Waals surface area contributed by atoms with Crippen molar-refractivity contribution in [3.63, 3.8) is 0 Å². The number of anilines is 1. The molecule has 226 valence electrons. The maximum atomic E-state index is 12.9. The van der Waals surface area contributed by atoms with E-state index in [0.717, 1.165) is 0 Å². The Kier molecular flexibility index (Phi) is 11.5. The molecule has 0 unspecified atom stereocenters. The Labute approximate surface area is 275 Å². The minimum absolute atomic E-state index is 0.206. The Morgan fingerprint density at radius 3 is 2.23 bits per heavy atom. The number of rotatable bonds is 11. The van der Waals surface area contributed by atoms with Crippen LogP contribution >= 0.6 is 43.5 Å². The highest BCUT2D eigenvalue weighted by molar-refractivity contribution is 9.11. The molecule has 0 fully saturated rings. The fourth-order valence-corrected chi connectivity index (χ4v) is 5.35. The Morgan fingerprint density at radius 1 is 0.818 bits per heavy atom. The lowest BCUT2D eigenvalue weighted by Gasteiger charge is -2.13. The SMILES string of the molecule is CCOc1ccc(C(=O)Nc2cccc(C(=O)NN=Cc3cc(Br)cc(Br)c3OC(=O)c3ccc(Cl)cc3)c2)cc1OCC. The number of ether oxygens (including phenoxy) is 3. The summed E-state index contributed by atoms with van der Waals surface area (Å²) in [6.45, 7) is 4.59. The zero-order chi connectivity index (χ0) is 31.6. The highest BCUT2D eigenvalue weighted by Crippen LogP contribution is 2.33. The molecule has 0 saturated heterocycles. The molecule has 0 radical (unpaired) electrons. The van der Waals surface area contributed by atoms with Gasteiger partial charge in [-0.2, -0.15) is 5.10 Å². The van der Waals surface area contributed by atoms with E-state index < -0.39 is 11.9 Å². The molecule has 0 aliphatic heterocycles. The van der Waals surface area contributed by atoms with Crippen molar-refractivity contribution in [2.75, 3.05) is 18.5 Å². The Hall–Kier alpha value is -4.19. The van der Waals surface area contributed by atoms with Crippen LogP contribution in [0.5, 0.6) is 17.2 Å². The summed E-state index contributed by atoms with van der Waals surface area (Å²) in [7, 11) is 0. The van der Waals surface area contributed by atoms with Gasteiger partial charge in [-0.1, -0.05) is 33.6 Å². The highest BCUT2D eigenvalue weighted by atomic mass is 79.9. The predicted octanol–water partition coefficient (Wildman–Crippen LogP) is 7.90. The fourth-order valence-electron chi connectivity index (χ4n) is 3.88. The van der Waals surface area contributed by atoms with Crippen LogP contribution in [0.25, 0.3) is 0 Å². The topological polar surface area (TPSA) is 115 Å². The highest BCUT2D eigenvalue weighted by Gasteiger charge is 2.16. The van der Waals surface area contributed by atoms with Crippen LogP contribution in [-0.4, -0.2) is 37.2 Å². The minimum atomic E-state index is -0.596. The molecular formula is C32H26Br2ClN3O6. The van der Waals surface area contributed by atoms with E-state index in [1.54, 1.807) is 72.8 Å². The number of amides is 2. The maximum absolute atomic E-state index is 12.9. The maximum Gasteiger partial charge on any atom is 0.343 e. The van der Waals surface area contributed by atoms with Crippen LogP contribution < -0.4 is 25.0 Å². The van der Waals surface area contributed by atoms with Gasteiger partial charge in [-0.05, 0) is 103 Å². The molecule has 0 atom stereocenters. The first-order valence-corrected chi connectivity index (χ1v) is 15.3. The zero-order valence-electron chi connectivity index (χ0n) is 23.5. The molecule has 4 aromatic carbocycles. The van der Waals surface area contributed by atoms with Gasteiger partial charge in [0.25, 0.3) is 11.8 Å². The second kappa shape index (κ2) is 15.5. The summed E-state index contributed by atoms with van der Waals surface area (Å²) in [5.74, 6) is -0.281. The summed E-state index contributed by atoms with van der Waals surface area (Å²) in [4.78, 5) is 38.5. The first-order valence-electron chi connectivity index (χ1n) is 13.3. The molecule has 4 aromatic rings. The van der Waals surface area contributed by atoms with Crippen molar-refractivity contribution in [1.82, 2.24) is 5.43 Å². The second-order valence-electron chi connectivity index (χ2n) is 8.96. The van der Waals surface area contributed by atoms with Gasteiger partial charge < -0.3 is 19.5 Å². The molecule has 2 amide bonds. The van der Waals surface area contributed by atoms with Crippen molar-refractivity contribution < 1.29 is 28.6 Å². The number of hydrogen-bond acceptors (Lipinski definition) is 7. The Balaban J connectivity index is 1.45. The van der Waals surface area contributed by atoms with E-state index >= 15 is 0 Å². The van der Waals surface area contributed by atoms with Crippen LogP contribution in [0.2, 0.25) is 5.02 Å². The van der Waals surface area contributed by atoms with Crippen LogP contribution in [0.4, 0.5) is 5.69 Å². The van der Waals surface area contributed by atoms with Crippen LogP contribution in [0.3, 0.4) is 0 Å². The smallest absolute Gasteiger partial charge is 0.343 e. The summed E-state index contributed by atoms with van der Waals surface area (Å²) in [5.41, 5.74) is 4.21. The molecule has 9 nitrogen and oxygen atoms in total. The molecule has 0 heterocycles. The summed E-state index contributed by atoms with van der Waals surface area (Å²) >= 11 is 12.7.